The molecule has 5 nitrogen and oxygen atoms in total. The number of benzene rings is 1. The fourth-order valence-corrected chi connectivity index (χ4v) is 3.27. The van der Waals surface area contributed by atoms with Gasteiger partial charge in [-0.15, -0.1) is 0 Å². The zero-order chi connectivity index (χ0) is 12.3. The van der Waals surface area contributed by atoms with Gasteiger partial charge in [-0.05, 0) is 31.0 Å². The van der Waals surface area contributed by atoms with Gasteiger partial charge in [0.1, 0.15) is 0 Å². The minimum Gasteiger partial charge on any atom is -0.399 e. The molecule has 1 fully saturated rings. The fourth-order valence-electron chi connectivity index (χ4n) is 1.84. The predicted molar refractivity (Wildman–Crippen MR) is 67.2 cm³/mol. The van der Waals surface area contributed by atoms with E-state index < -0.39 is 10.0 Å². The highest BCUT2D eigenvalue weighted by Crippen LogP contribution is 2.20. The molecule has 2 rings (SSSR count). The Hall–Kier alpha value is -1.27. The molecule has 0 bridgehead atoms. The summed E-state index contributed by atoms with van der Waals surface area (Å²) in [5, 5.41) is -0.377. The van der Waals surface area contributed by atoms with Crippen LogP contribution in [0.5, 0.6) is 0 Å². The lowest BCUT2D eigenvalue weighted by atomic mass is 10.2. The second-order valence-corrected chi connectivity index (χ2v) is 6.05. The van der Waals surface area contributed by atoms with Gasteiger partial charge >= 0.3 is 0 Å². The normalized spacial score (nSPS) is 17.9. The topological polar surface area (TPSA) is 81.4 Å². The summed E-state index contributed by atoms with van der Waals surface area (Å²) in [6.07, 6.45) is 1.08. The molecule has 0 saturated carbocycles. The van der Waals surface area contributed by atoms with E-state index in [1.807, 2.05) is 0 Å². The van der Waals surface area contributed by atoms with E-state index in [2.05, 4.69) is 4.72 Å². The number of sulfonamides is 1. The number of nitrogens with one attached hydrogen (secondary N) is 1. The highest BCUT2D eigenvalue weighted by molar-refractivity contribution is 7.93. The van der Waals surface area contributed by atoms with Gasteiger partial charge in [0, 0.05) is 18.9 Å². The van der Waals surface area contributed by atoms with E-state index in [1.54, 1.807) is 24.3 Å². The van der Waals surface area contributed by atoms with Gasteiger partial charge in [0.2, 0.25) is 10.0 Å². The van der Waals surface area contributed by atoms with E-state index in [4.69, 9.17) is 10.5 Å². The van der Waals surface area contributed by atoms with Crippen molar-refractivity contribution in [2.45, 2.75) is 18.1 Å². The quantitative estimate of drug-likeness (QED) is 0.796. The Labute approximate surface area is 101 Å². The highest BCUT2D eigenvalue weighted by Gasteiger charge is 2.27. The summed E-state index contributed by atoms with van der Waals surface area (Å²) in [6, 6.07) is 6.73. The van der Waals surface area contributed by atoms with Gasteiger partial charge in [0.25, 0.3) is 0 Å². The number of nitrogen functional groups attached to an aromatic ring is 1. The summed E-state index contributed by atoms with van der Waals surface area (Å²) in [6.45, 7) is 1.00. The summed E-state index contributed by atoms with van der Waals surface area (Å²) < 4.78 is 31.8. The molecule has 0 atom stereocenters. The summed E-state index contributed by atoms with van der Waals surface area (Å²) >= 11 is 0. The van der Waals surface area contributed by atoms with Crippen LogP contribution < -0.4 is 10.5 Å². The Balaban J connectivity index is 2.11. The maximum absolute atomic E-state index is 12.1. The first kappa shape index (κ1) is 12.2. The lowest BCUT2D eigenvalue weighted by Crippen LogP contribution is -2.33. The van der Waals surface area contributed by atoms with E-state index in [-0.39, 0.29) is 5.25 Å². The van der Waals surface area contributed by atoms with Gasteiger partial charge in [-0.25, -0.2) is 8.42 Å². The molecule has 1 saturated heterocycles. The number of rotatable bonds is 3. The van der Waals surface area contributed by atoms with Crippen LogP contribution in [0.1, 0.15) is 12.8 Å². The lowest BCUT2D eigenvalue weighted by Gasteiger charge is -2.22. The summed E-state index contributed by atoms with van der Waals surface area (Å²) in [4.78, 5) is 0. The largest absolute Gasteiger partial charge is 0.399 e. The predicted octanol–water partition coefficient (Wildman–Crippen LogP) is 1.19. The van der Waals surface area contributed by atoms with Gasteiger partial charge in [-0.2, -0.15) is 0 Å². The first-order valence-corrected chi connectivity index (χ1v) is 7.07. The van der Waals surface area contributed by atoms with Crippen LogP contribution >= 0.6 is 0 Å². The standard InChI is InChI=1S/C11H16N2O3S/c12-9-2-1-3-10(8-9)13-17(14,15)11-4-6-16-7-5-11/h1-3,8,11,13H,4-7,12H2. The average molecular weight is 256 g/mol. The van der Waals surface area contributed by atoms with Crippen molar-refractivity contribution in [2.24, 2.45) is 0 Å². The van der Waals surface area contributed by atoms with Gasteiger partial charge in [0.15, 0.2) is 0 Å². The molecule has 1 aliphatic heterocycles. The van der Waals surface area contributed by atoms with Crippen molar-refractivity contribution in [3.05, 3.63) is 24.3 Å². The molecule has 0 aromatic heterocycles. The first-order valence-electron chi connectivity index (χ1n) is 5.53. The van der Waals surface area contributed by atoms with Crippen LogP contribution in [-0.4, -0.2) is 26.9 Å². The number of anilines is 2. The maximum atomic E-state index is 12.1. The molecular formula is C11H16N2O3S. The second kappa shape index (κ2) is 4.93. The summed E-state index contributed by atoms with van der Waals surface area (Å²) in [5.41, 5.74) is 6.65. The summed E-state index contributed by atoms with van der Waals surface area (Å²) in [7, 11) is -3.34. The molecule has 94 valence electrons. The average Bonchev–Trinajstić information content (AvgIpc) is 2.29. The third kappa shape index (κ3) is 3.10. The molecule has 1 aliphatic rings. The second-order valence-electron chi connectivity index (χ2n) is 4.08. The van der Waals surface area contributed by atoms with E-state index in [0.717, 1.165) is 0 Å². The fraction of sp³-hybridized carbons (Fsp3) is 0.455. The van der Waals surface area contributed by atoms with Crippen molar-refractivity contribution in [1.29, 1.82) is 0 Å². The molecule has 17 heavy (non-hydrogen) atoms. The third-order valence-electron chi connectivity index (χ3n) is 2.75. The molecule has 0 spiro atoms. The zero-order valence-corrected chi connectivity index (χ0v) is 10.2. The molecule has 0 unspecified atom stereocenters. The van der Waals surface area contributed by atoms with Gasteiger partial charge in [-0.1, -0.05) is 6.07 Å². The monoisotopic (exact) mass is 256 g/mol. The summed E-state index contributed by atoms with van der Waals surface area (Å²) in [5.74, 6) is 0. The van der Waals surface area contributed by atoms with Crippen molar-refractivity contribution in [3.8, 4) is 0 Å². The zero-order valence-electron chi connectivity index (χ0n) is 9.43. The highest BCUT2D eigenvalue weighted by atomic mass is 32.2. The molecule has 1 heterocycles. The Kier molecular flexibility index (Phi) is 3.54. The van der Waals surface area contributed by atoms with E-state index in [0.29, 0.717) is 37.4 Å². The Morgan fingerprint density at radius 1 is 1.29 bits per heavy atom. The van der Waals surface area contributed by atoms with E-state index >= 15 is 0 Å². The molecular weight excluding hydrogens is 240 g/mol. The van der Waals surface area contributed by atoms with Crippen LogP contribution in [0.2, 0.25) is 0 Å². The van der Waals surface area contributed by atoms with Crippen LogP contribution in [0.25, 0.3) is 0 Å². The Morgan fingerprint density at radius 2 is 2.00 bits per heavy atom. The number of hydrogen-bond acceptors (Lipinski definition) is 4. The molecule has 0 radical (unpaired) electrons. The molecule has 1 aromatic rings. The smallest absolute Gasteiger partial charge is 0.235 e. The van der Waals surface area contributed by atoms with E-state index in [9.17, 15) is 8.42 Å². The van der Waals surface area contributed by atoms with Crippen LogP contribution in [0.4, 0.5) is 11.4 Å². The number of ether oxygens (including phenoxy) is 1. The molecule has 1 aromatic carbocycles. The van der Waals surface area contributed by atoms with Crippen LogP contribution in [0, 0.1) is 0 Å². The first-order chi connectivity index (χ1) is 8.08. The molecule has 6 heteroatoms. The minimum atomic E-state index is -3.34. The van der Waals surface area contributed by atoms with Crippen molar-refractivity contribution in [3.63, 3.8) is 0 Å². The Bertz CT molecular complexity index is 481. The van der Waals surface area contributed by atoms with Crippen LogP contribution in [0.3, 0.4) is 0 Å². The van der Waals surface area contributed by atoms with Gasteiger partial charge < -0.3 is 10.5 Å². The molecule has 3 N–H and O–H groups in total. The van der Waals surface area contributed by atoms with Crippen molar-refractivity contribution in [2.75, 3.05) is 23.7 Å². The van der Waals surface area contributed by atoms with Gasteiger partial charge in [-0.3, -0.25) is 4.72 Å². The maximum Gasteiger partial charge on any atom is 0.235 e. The van der Waals surface area contributed by atoms with Crippen molar-refractivity contribution >= 4 is 21.4 Å². The van der Waals surface area contributed by atoms with Crippen molar-refractivity contribution < 1.29 is 13.2 Å². The molecule has 0 amide bonds. The van der Waals surface area contributed by atoms with Gasteiger partial charge in [0.05, 0.1) is 10.9 Å². The number of nitrogens with two attached hydrogens (primary N) is 1. The van der Waals surface area contributed by atoms with Crippen LogP contribution in [0.15, 0.2) is 24.3 Å². The Morgan fingerprint density at radius 3 is 2.65 bits per heavy atom. The minimum absolute atomic E-state index is 0.377. The SMILES string of the molecule is Nc1cccc(NS(=O)(=O)C2CCOCC2)c1. The van der Waals surface area contributed by atoms with Crippen LogP contribution in [-0.2, 0) is 14.8 Å². The number of hydrogen-bond donors (Lipinski definition) is 2. The third-order valence-corrected chi connectivity index (χ3v) is 4.62. The van der Waals surface area contributed by atoms with E-state index in [1.165, 1.54) is 0 Å². The lowest BCUT2D eigenvalue weighted by molar-refractivity contribution is 0.0984. The molecule has 0 aliphatic carbocycles. The van der Waals surface area contributed by atoms with Crippen molar-refractivity contribution in [1.82, 2.24) is 0 Å².